The van der Waals surface area contributed by atoms with E-state index in [1.54, 1.807) is 16.7 Å². The van der Waals surface area contributed by atoms with Gasteiger partial charge in [0, 0.05) is 18.9 Å². The molecule has 1 unspecified atom stereocenters. The second kappa shape index (κ2) is 3.90. The van der Waals surface area contributed by atoms with Crippen molar-refractivity contribution in [1.29, 1.82) is 0 Å². The highest BCUT2D eigenvalue weighted by Crippen LogP contribution is 2.32. The number of hydrogen-bond donors (Lipinski definition) is 0. The van der Waals surface area contributed by atoms with Crippen LogP contribution in [0.25, 0.3) is 0 Å². The van der Waals surface area contributed by atoms with Gasteiger partial charge in [0.15, 0.2) is 0 Å². The second-order valence-corrected chi connectivity index (χ2v) is 5.75. The first kappa shape index (κ1) is 10.6. The molecule has 4 nitrogen and oxygen atoms in total. The van der Waals surface area contributed by atoms with Gasteiger partial charge in [0.2, 0.25) is 10.0 Å². The molecule has 0 aliphatic carbocycles. The topological polar surface area (TPSA) is 50.3 Å². The minimum absolute atomic E-state index is 0.0197. The summed E-state index contributed by atoms with van der Waals surface area (Å²) < 4.78 is 24.6. The summed E-state index contributed by atoms with van der Waals surface area (Å²) in [5.74, 6) is 0. The van der Waals surface area contributed by atoms with Gasteiger partial charge in [-0.1, -0.05) is 6.07 Å². The Morgan fingerprint density at radius 2 is 2.33 bits per heavy atom. The number of rotatable bonds is 2. The molecule has 2 rings (SSSR count). The molecule has 0 amide bonds. The van der Waals surface area contributed by atoms with Crippen LogP contribution in [0.2, 0.25) is 0 Å². The van der Waals surface area contributed by atoms with E-state index in [1.165, 1.54) is 6.26 Å². The largest absolute Gasteiger partial charge is 0.264 e. The predicted molar refractivity (Wildman–Crippen MR) is 57.8 cm³/mol. The zero-order valence-corrected chi connectivity index (χ0v) is 9.44. The summed E-state index contributed by atoms with van der Waals surface area (Å²) in [6.45, 7) is 0.623. The molecular weight excluding hydrogens is 212 g/mol. The van der Waals surface area contributed by atoms with Crippen molar-refractivity contribution >= 4 is 10.0 Å². The highest BCUT2D eigenvalue weighted by Gasteiger charge is 2.32. The predicted octanol–water partition coefficient (Wildman–Crippen LogP) is 1.18. The van der Waals surface area contributed by atoms with Crippen LogP contribution in [-0.4, -0.2) is 30.5 Å². The molecule has 0 N–H and O–H groups in total. The van der Waals surface area contributed by atoms with Crippen molar-refractivity contribution in [1.82, 2.24) is 9.29 Å². The van der Waals surface area contributed by atoms with E-state index in [4.69, 9.17) is 0 Å². The van der Waals surface area contributed by atoms with E-state index < -0.39 is 10.0 Å². The first-order valence-electron chi connectivity index (χ1n) is 4.96. The molecule has 0 aromatic carbocycles. The smallest absolute Gasteiger partial charge is 0.211 e. The Labute approximate surface area is 90.0 Å². The molecule has 2 heterocycles. The van der Waals surface area contributed by atoms with Gasteiger partial charge in [-0.15, -0.1) is 0 Å². The fraction of sp³-hybridized carbons (Fsp3) is 0.500. The van der Waals surface area contributed by atoms with Crippen molar-refractivity contribution in [3.05, 3.63) is 30.1 Å². The van der Waals surface area contributed by atoms with Gasteiger partial charge in [-0.2, -0.15) is 4.31 Å². The van der Waals surface area contributed by atoms with Crippen LogP contribution in [0.1, 0.15) is 24.4 Å². The Morgan fingerprint density at radius 3 is 2.93 bits per heavy atom. The number of pyridine rings is 1. The highest BCUT2D eigenvalue weighted by atomic mass is 32.2. The molecule has 0 spiro atoms. The van der Waals surface area contributed by atoms with E-state index in [2.05, 4.69) is 4.98 Å². The molecule has 5 heteroatoms. The Bertz CT molecular complexity index is 430. The number of sulfonamides is 1. The molecule has 1 aromatic heterocycles. The van der Waals surface area contributed by atoms with Gasteiger partial charge >= 0.3 is 0 Å². The van der Waals surface area contributed by atoms with Gasteiger partial charge in [0.1, 0.15) is 0 Å². The fourth-order valence-corrected chi connectivity index (χ4v) is 3.19. The molecule has 15 heavy (non-hydrogen) atoms. The van der Waals surface area contributed by atoms with Gasteiger partial charge in [0.05, 0.1) is 12.3 Å². The van der Waals surface area contributed by atoms with Crippen molar-refractivity contribution in [3.8, 4) is 0 Å². The van der Waals surface area contributed by atoms with Crippen molar-refractivity contribution in [3.63, 3.8) is 0 Å². The zero-order valence-electron chi connectivity index (χ0n) is 8.63. The molecule has 1 fully saturated rings. The Kier molecular flexibility index (Phi) is 2.75. The van der Waals surface area contributed by atoms with Gasteiger partial charge in [-0.05, 0) is 24.5 Å². The lowest BCUT2D eigenvalue weighted by molar-refractivity contribution is 0.400. The molecule has 1 saturated heterocycles. The average molecular weight is 226 g/mol. The lowest BCUT2D eigenvalue weighted by atomic mass is 10.1. The van der Waals surface area contributed by atoms with Crippen LogP contribution in [0, 0.1) is 0 Å². The van der Waals surface area contributed by atoms with Crippen LogP contribution in [0.4, 0.5) is 0 Å². The van der Waals surface area contributed by atoms with Crippen LogP contribution in [0.15, 0.2) is 24.5 Å². The lowest BCUT2D eigenvalue weighted by Crippen LogP contribution is -2.29. The molecule has 1 aliphatic heterocycles. The molecule has 1 aliphatic rings. The summed E-state index contributed by atoms with van der Waals surface area (Å²) in [6.07, 6.45) is 6.52. The highest BCUT2D eigenvalue weighted by molar-refractivity contribution is 7.88. The maximum absolute atomic E-state index is 11.5. The van der Waals surface area contributed by atoms with E-state index in [0.29, 0.717) is 6.54 Å². The summed E-state index contributed by atoms with van der Waals surface area (Å²) in [5.41, 5.74) is 0.987. The van der Waals surface area contributed by atoms with Gasteiger partial charge in [-0.3, -0.25) is 4.98 Å². The summed E-state index contributed by atoms with van der Waals surface area (Å²) in [5, 5.41) is 0. The number of nitrogens with zero attached hydrogens (tertiary/aromatic N) is 2. The van der Waals surface area contributed by atoms with Crippen LogP contribution in [0.5, 0.6) is 0 Å². The number of aromatic nitrogens is 1. The molecule has 0 bridgehead atoms. The van der Waals surface area contributed by atoms with Crippen LogP contribution < -0.4 is 0 Å². The Hall–Kier alpha value is -0.940. The average Bonchev–Trinajstić information content (AvgIpc) is 2.67. The second-order valence-electron chi connectivity index (χ2n) is 3.82. The van der Waals surface area contributed by atoms with E-state index >= 15 is 0 Å². The summed E-state index contributed by atoms with van der Waals surface area (Å²) >= 11 is 0. The van der Waals surface area contributed by atoms with Crippen molar-refractivity contribution in [2.75, 3.05) is 12.8 Å². The minimum Gasteiger partial charge on any atom is -0.264 e. The van der Waals surface area contributed by atoms with Crippen molar-refractivity contribution in [2.45, 2.75) is 18.9 Å². The quantitative estimate of drug-likeness (QED) is 0.760. The molecule has 0 radical (unpaired) electrons. The van der Waals surface area contributed by atoms with E-state index in [9.17, 15) is 8.42 Å². The van der Waals surface area contributed by atoms with Gasteiger partial charge in [-0.25, -0.2) is 8.42 Å². The molecule has 1 aromatic rings. The van der Waals surface area contributed by atoms with E-state index in [1.807, 2.05) is 12.1 Å². The van der Waals surface area contributed by atoms with Crippen molar-refractivity contribution in [2.24, 2.45) is 0 Å². The summed E-state index contributed by atoms with van der Waals surface area (Å²) in [4.78, 5) is 4.02. The molecular formula is C10H14N2O2S. The van der Waals surface area contributed by atoms with E-state index in [-0.39, 0.29) is 6.04 Å². The SMILES string of the molecule is CS(=O)(=O)N1CCCC1c1cccnc1. The third-order valence-corrected chi connectivity index (χ3v) is 3.99. The standard InChI is InChI=1S/C10H14N2O2S/c1-15(13,14)12-7-3-5-10(12)9-4-2-6-11-8-9/h2,4,6,8,10H,3,5,7H2,1H3. The summed E-state index contributed by atoms with van der Waals surface area (Å²) in [6, 6.07) is 3.75. The fourth-order valence-electron chi connectivity index (χ4n) is 2.04. The summed E-state index contributed by atoms with van der Waals surface area (Å²) in [7, 11) is -3.09. The number of hydrogen-bond acceptors (Lipinski definition) is 3. The van der Waals surface area contributed by atoms with Crippen LogP contribution >= 0.6 is 0 Å². The first-order valence-corrected chi connectivity index (χ1v) is 6.80. The molecule has 1 atom stereocenters. The lowest BCUT2D eigenvalue weighted by Gasteiger charge is -2.21. The zero-order chi connectivity index (χ0) is 10.9. The van der Waals surface area contributed by atoms with Gasteiger partial charge < -0.3 is 0 Å². The van der Waals surface area contributed by atoms with E-state index in [0.717, 1.165) is 18.4 Å². The maximum Gasteiger partial charge on any atom is 0.211 e. The Morgan fingerprint density at radius 1 is 1.53 bits per heavy atom. The molecule has 82 valence electrons. The van der Waals surface area contributed by atoms with Crippen LogP contribution in [-0.2, 0) is 10.0 Å². The third kappa shape index (κ3) is 2.18. The van der Waals surface area contributed by atoms with Gasteiger partial charge in [0.25, 0.3) is 0 Å². The minimum atomic E-state index is -3.09. The van der Waals surface area contributed by atoms with Crippen LogP contribution in [0.3, 0.4) is 0 Å². The normalized spacial score (nSPS) is 23.1. The first-order chi connectivity index (χ1) is 7.09. The Balaban J connectivity index is 2.30. The third-order valence-electron chi connectivity index (χ3n) is 2.70. The van der Waals surface area contributed by atoms with Crippen molar-refractivity contribution < 1.29 is 8.42 Å². The monoisotopic (exact) mass is 226 g/mol. The maximum atomic E-state index is 11.5. The molecule has 0 saturated carbocycles.